The Morgan fingerprint density at radius 1 is 1.35 bits per heavy atom. The van der Waals surface area contributed by atoms with Gasteiger partial charge in [-0.1, -0.05) is 0 Å². The number of nitrogens with one attached hydrogen (secondary N) is 1. The molecule has 0 spiro atoms. The summed E-state index contributed by atoms with van der Waals surface area (Å²) >= 11 is 1.79. The first-order valence-corrected chi connectivity index (χ1v) is 8.61. The van der Waals surface area contributed by atoms with E-state index in [0.29, 0.717) is 12.3 Å². The maximum atomic E-state index is 11.1. The molecule has 7 heteroatoms. The van der Waals surface area contributed by atoms with E-state index in [9.17, 15) is 8.42 Å². The molecule has 2 heterocycles. The Labute approximate surface area is 122 Å². The van der Waals surface area contributed by atoms with Gasteiger partial charge in [-0.05, 0) is 44.5 Å². The van der Waals surface area contributed by atoms with E-state index in [2.05, 4.69) is 31.3 Å². The van der Waals surface area contributed by atoms with E-state index < -0.39 is 10.0 Å². The van der Waals surface area contributed by atoms with Gasteiger partial charge in [-0.2, -0.15) is 0 Å². The first kappa shape index (κ1) is 15.2. The van der Waals surface area contributed by atoms with E-state index in [-0.39, 0.29) is 11.1 Å². The van der Waals surface area contributed by atoms with Crippen molar-refractivity contribution in [2.75, 3.05) is 0 Å². The lowest BCUT2D eigenvalue weighted by molar-refractivity contribution is 0.392. The second-order valence-electron chi connectivity index (χ2n) is 4.76. The van der Waals surface area contributed by atoms with Crippen LogP contribution in [0, 0.1) is 6.92 Å². The lowest BCUT2D eigenvalue weighted by atomic mass is 10.2. The Hall–Kier alpha value is -1.15. The molecule has 0 bridgehead atoms. The van der Waals surface area contributed by atoms with Crippen molar-refractivity contribution in [2.45, 2.75) is 37.9 Å². The van der Waals surface area contributed by atoms with Gasteiger partial charge in [0.15, 0.2) is 0 Å². The maximum Gasteiger partial charge on any atom is 0.271 e. The molecule has 5 nitrogen and oxygen atoms in total. The van der Waals surface area contributed by atoms with Gasteiger partial charge in [0.1, 0.15) is 5.76 Å². The molecule has 0 amide bonds. The molecule has 110 valence electrons. The molecule has 0 radical (unpaired) electrons. The summed E-state index contributed by atoms with van der Waals surface area (Å²) in [6.07, 6.45) is 0.932. The van der Waals surface area contributed by atoms with Crippen LogP contribution in [0.1, 0.15) is 22.4 Å². The number of hydrogen-bond acceptors (Lipinski definition) is 5. The Morgan fingerprint density at radius 2 is 2.10 bits per heavy atom. The van der Waals surface area contributed by atoms with E-state index in [0.717, 1.165) is 6.42 Å². The summed E-state index contributed by atoms with van der Waals surface area (Å²) in [7, 11) is -3.76. The molecule has 3 N–H and O–H groups in total. The predicted molar refractivity (Wildman–Crippen MR) is 79.1 cm³/mol. The van der Waals surface area contributed by atoms with Crippen LogP contribution in [0.15, 0.2) is 33.8 Å². The highest BCUT2D eigenvalue weighted by molar-refractivity contribution is 7.89. The summed E-state index contributed by atoms with van der Waals surface area (Å²) in [5, 5.41) is 8.09. The number of rotatable bonds is 6. The molecule has 1 unspecified atom stereocenters. The molecule has 0 aliphatic heterocycles. The van der Waals surface area contributed by atoms with E-state index in [1.807, 2.05) is 0 Å². The highest BCUT2D eigenvalue weighted by Crippen LogP contribution is 2.17. The zero-order valence-corrected chi connectivity index (χ0v) is 13.1. The standard InChI is InChI=1S/C13H18N2O3S2/c1-9(7-12-5-3-10(2)19-12)15-8-11-4-6-13(18-11)20(14,16)17/h3-6,9,15H,7-8H2,1-2H3,(H2,14,16,17). The van der Waals surface area contributed by atoms with Gasteiger partial charge in [0.05, 0.1) is 6.54 Å². The highest BCUT2D eigenvalue weighted by atomic mass is 32.2. The summed E-state index contributed by atoms with van der Waals surface area (Å²) in [6.45, 7) is 4.64. The van der Waals surface area contributed by atoms with Crippen molar-refractivity contribution in [1.82, 2.24) is 5.32 Å². The number of aryl methyl sites for hydroxylation is 1. The van der Waals surface area contributed by atoms with Gasteiger partial charge < -0.3 is 9.73 Å². The molecule has 0 saturated heterocycles. The lowest BCUT2D eigenvalue weighted by Gasteiger charge is -2.11. The third-order valence-corrected chi connectivity index (χ3v) is 4.65. The van der Waals surface area contributed by atoms with Crippen LogP contribution in [-0.2, 0) is 23.0 Å². The molecule has 2 aromatic heterocycles. The third kappa shape index (κ3) is 4.17. The van der Waals surface area contributed by atoms with Crippen LogP contribution in [0.4, 0.5) is 0 Å². The fraction of sp³-hybridized carbons (Fsp3) is 0.385. The van der Waals surface area contributed by atoms with E-state index in [1.165, 1.54) is 15.8 Å². The van der Waals surface area contributed by atoms with Crippen LogP contribution in [0.2, 0.25) is 0 Å². The van der Waals surface area contributed by atoms with Crippen LogP contribution in [0.3, 0.4) is 0 Å². The van der Waals surface area contributed by atoms with Crippen LogP contribution in [0.25, 0.3) is 0 Å². The number of sulfonamides is 1. The number of hydrogen-bond donors (Lipinski definition) is 2. The molecule has 0 aliphatic carbocycles. The van der Waals surface area contributed by atoms with Gasteiger partial charge in [0, 0.05) is 15.8 Å². The second-order valence-corrected chi connectivity index (χ2v) is 7.63. The van der Waals surface area contributed by atoms with Gasteiger partial charge in [-0.25, -0.2) is 13.6 Å². The van der Waals surface area contributed by atoms with Crippen molar-refractivity contribution < 1.29 is 12.8 Å². The minimum absolute atomic E-state index is 0.198. The van der Waals surface area contributed by atoms with E-state index >= 15 is 0 Å². The molecule has 2 rings (SSSR count). The maximum absolute atomic E-state index is 11.1. The molecule has 0 saturated carbocycles. The van der Waals surface area contributed by atoms with Crippen molar-refractivity contribution in [2.24, 2.45) is 5.14 Å². The van der Waals surface area contributed by atoms with Crippen LogP contribution in [0.5, 0.6) is 0 Å². The van der Waals surface area contributed by atoms with Crippen molar-refractivity contribution in [3.05, 3.63) is 39.8 Å². The highest BCUT2D eigenvalue weighted by Gasteiger charge is 2.13. The van der Waals surface area contributed by atoms with Gasteiger partial charge in [-0.15, -0.1) is 11.3 Å². The number of nitrogens with two attached hydrogens (primary N) is 1. The summed E-state index contributed by atoms with van der Waals surface area (Å²) in [6, 6.07) is 7.51. The predicted octanol–water partition coefficient (Wildman–Crippen LogP) is 2.02. The summed E-state index contributed by atoms with van der Waals surface area (Å²) in [5.41, 5.74) is 0. The first-order valence-electron chi connectivity index (χ1n) is 6.25. The first-order chi connectivity index (χ1) is 9.34. The largest absolute Gasteiger partial charge is 0.447 e. The van der Waals surface area contributed by atoms with E-state index in [4.69, 9.17) is 9.56 Å². The Balaban J connectivity index is 1.87. The molecule has 20 heavy (non-hydrogen) atoms. The normalized spacial score (nSPS) is 13.6. The molecule has 0 fully saturated rings. The fourth-order valence-electron chi connectivity index (χ4n) is 1.85. The summed E-state index contributed by atoms with van der Waals surface area (Å²) in [5.74, 6) is 0.559. The van der Waals surface area contributed by atoms with Gasteiger partial charge >= 0.3 is 0 Å². The number of thiophene rings is 1. The third-order valence-electron chi connectivity index (χ3n) is 2.85. The smallest absolute Gasteiger partial charge is 0.271 e. The van der Waals surface area contributed by atoms with Gasteiger partial charge in [0.2, 0.25) is 5.09 Å². The molecule has 1 atom stereocenters. The van der Waals surface area contributed by atoms with Gasteiger partial charge in [-0.3, -0.25) is 0 Å². The number of primary sulfonamides is 1. The van der Waals surface area contributed by atoms with Crippen LogP contribution in [-0.4, -0.2) is 14.5 Å². The van der Waals surface area contributed by atoms with Crippen molar-refractivity contribution in [1.29, 1.82) is 0 Å². The Morgan fingerprint density at radius 3 is 2.65 bits per heavy atom. The molecule has 2 aromatic rings. The molecule has 0 aliphatic rings. The summed E-state index contributed by atoms with van der Waals surface area (Å²) in [4.78, 5) is 2.63. The second kappa shape index (κ2) is 6.09. The van der Waals surface area contributed by atoms with Crippen LogP contribution >= 0.6 is 11.3 Å². The number of furan rings is 1. The van der Waals surface area contributed by atoms with E-state index in [1.54, 1.807) is 17.4 Å². The Bertz CT molecular complexity index is 673. The zero-order chi connectivity index (χ0) is 14.8. The van der Waals surface area contributed by atoms with Crippen molar-refractivity contribution in [3.63, 3.8) is 0 Å². The monoisotopic (exact) mass is 314 g/mol. The fourth-order valence-corrected chi connectivity index (χ4v) is 3.35. The molecule has 0 aromatic carbocycles. The minimum Gasteiger partial charge on any atom is -0.447 e. The average molecular weight is 314 g/mol. The SMILES string of the molecule is Cc1ccc(CC(C)NCc2ccc(S(N)(=O)=O)o2)s1. The Kier molecular flexibility index (Phi) is 4.64. The van der Waals surface area contributed by atoms with Crippen molar-refractivity contribution >= 4 is 21.4 Å². The summed E-state index contributed by atoms with van der Waals surface area (Å²) < 4.78 is 27.4. The van der Waals surface area contributed by atoms with Gasteiger partial charge in [0.25, 0.3) is 10.0 Å². The van der Waals surface area contributed by atoms with Crippen molar-refractivity contribution in [3.8, 4) is 0 Å². The molecular formula is C13H18N2O3S2. The zero-order valence-electron chi connectivity index (χ0n) is 11.4. The lowest BCUT2D eigenvalue weighted by Crippen LogP contribution is -2.27. The van der Waals surface area contributed by atoms with Crippen LogP contribution < -0.4 is 10.5 Å². The average Bonchev–Trinajstić information content (AvgIpc) is 2.95. The minimum atomic E-state index is -3.76. The molecular weight excluding hydrogens is 296 g/mol. The quantitative estimate of drug-likeness (QED) is 0.854. The topological polar surface area (TPSA) is 85.3 Å².